The second-order valence-electron chi connectivity index (χ2n) is 5.61. The van der Waals surface area contributed by atoms with Crippen molar-refractivity contribution in [1.82, 2.24) is 5.32 Å². The monoisotopic (exact) mass is 279 g/mol. The highest BCUT2D eigenvalue weighted by Crippen LogP contribution is 2.13. The Bertz CT molecular complexity index is 349. The van der Waals surface area contributed by atoms with Crippen LogP contribution in [0.2, 0.25) is 0 Å². The van der Waals surface area contributed by atoms with Gasteiger partial charge in [0.1, 0.15) is 5.75 Å². The first-order valence-electron chi connectivity index (χ1n) is 7.73. The number of aliphatic hydroxyl groups excluding tert-OH is 1. The molecule has 3 heteroatoms. The fraction of sp³-hybridized carbons (Fsp3) is 0.647. The summed E-state index contributed by atoms with van der Waals surface area (Å²) in [5.74, 6) is 1.37. The van der Waals surface area contributed by atoms with Crippen LogP contribution < -0.4 is 10.1 Å². The van der Waals surface area contributed by atoms with Gasteiger partial charge in [-0.1, -0.05) is 45.7 Å². The molecule has 0 amide bonds. The van der Waals surface area contributed by atoms with Gasteiger partial charge < -0.3 is 15.2 Å². The van der Waals surface area contributed by atoms with Crippen molar-refractivity contribution in [3.63, 3.8) is 0 Å². The van der Waals surface area contributed by atoms with E-state index in [1.54, 1.807) is 0 Å². The SMILES string of the molecule is CCCCCOc1ccc(CNC(CO)C(C)C)cc1. The van der Waals surface area contributed by atoms with E-state index in [1.165, 1.54) is 18.4 Å². The van der Waals surface area contributed by atoms with E-state index in [9.17, 15) is 5.11 Å². The zero-order valence-electron chi connectivity index (χ0n) is 13.1. The van der Waals surface area contributed by atoms with Crippen molar-refractivity contribution in [3.05, 3.63) is 29.8 Å². The van der Waals surface area contributed by atoms with E-state index in [4.69, 9.17) is 4.74 Å². The molecule has 0 radical (unpaired) electrons. The fourth-order valence-electron chi connectivity index (χ4n) is 2.01. The Hall–Kier alpha value is -1.06. The molecule has 3 nitrogen and oxygen atoms in total. The maximum atomic E-state index is 9.28. The zero-order chi connectivity index (χ0) is 14.8. The third-order valence-corrected chi connectivity index (χ3v) is 3.51. The summed E-state index contributed by atoms with van der Waals surface area (Å²) >= 11 is 0. The van der Waals surface area contributed by atoms with Crippen LogP contribution in [-0.4, -0.2) is 24.4 Å². The molecule has 1 atom stereocenters. The van der Waals surface area contributed by atoms with Gasteiger partial charge in [0.15, 0.2) is 0 Å². The van der Waals surface area contributed by atoms with Crippen LogP contribution >= 0.6 is 0 Å². The lowest BCUT2D eigenvalue weighted by atomic mass is 10.1. The van der Waals surface area contributed by atoms with Gasteiger partial charge in [0.05, 0.1) is 13.2 Å². The molecular formula is C17H29NO2. The average Bonchev–Trinajstić information content (AvgIpc) is 2.45. The van der Waals surface area contributed by atoms with Gasteiger partial charge in [-0.15, -0.1) is 0 Å². The van der Waals surface area contributed by atoms with Gasteiger partial charge >= 0.3 is 0 Å². The third-order valence-electron chi connectivity index (χ3n) is 3.51. The van der Waals surface area contributed by atoms with Crippen LogP contribution in [-0.2, 0) is 6.54 Å². The minimum atomic E-state index is 0.153. The van der Waals surface area contributed by atoms with E-state index in [2.05, 4.69) is 38.2 Å². The molecule has 0 saturated heterocycles. The minimum Gasteiger partial charge on any atom is -0.494 e. The molecule has 114 valence electrons. The largest absolute Gasteiger partial charge is 0.494 e. The molecule has 2 N–H and O–H groups in total. The molecular weight excluding hydrogens is 250 g/mol. The van der Waals surface area contributed by atoms with Gasteiger partial charge in [-0.2, -0.15) is 0 Å². The Morgan fingerprint density at radius 3 is 2.40 bits per heavy atom. The van der Waals surface area contributed by atoms with Crippen molar-refractivity contribution in [2.24, 2.45) is 5.92 Å². The summed E-state index contributed by atoms with van der Waals surface area (Å²) in [4.78, 5) is 0. The predicted octanol–water partition coefficient (Wildman–Crippen LogP) is 3.36. The van der Waals surface area contributed by atoms with Crippen LogP contribution in [0.15, 0.2) is 24.3 Å². The lowest BCUT2D eigenvalue weighted by Gasteiger charge is -2.20. The van der Waals surface area contributed by atoms with Gasteiger partial charge in [0.25, 0.3) is 0 Å². The molecule has 1 rings (SSSR count). The highest BCUT2D eigenvalue weighted by molar-refractivity contribution is 5.27. The molecule has 0 aromatic heterocycles. The van der Waals surface area contributed by atoms with Crippen molar-refractivity contribution < 1.29 is 9.84 Å². The van der Waals surface area contributed by atoms with Crippen LogP contribution in [0.25, 0.3) is 0 Å². The van der Waals surface area contributed by atoms with E-state index in [-0.39, 0.29) is 12.6 Å². The number of rotatable bonds is 10. The summed E-state index contributed by atoms with van der Waals surface area (Å²) in [6.45, 7) is 8.17. The van der Waals surface area contributed by atoms with E-state index >= 15 is 0 Å². The lowest BCUT2D eigenvalue weighted by Crippen LogP contribution is -2.36. The van der Waals surface area contributed by atoms with E-state index in [0.717, 1.165) is 25.3 Å². The molecule has 0 bridgehead atoms. The zero-order valence-corrected chi connectivity index (χ0v) is 13.1. The van der Waals surface area contributed by atoms with Crippen molar-refractivity contribution in [3.8, 4) is 5.75 Å². The summed E-state index contributed by atoms with van der Waals surface area (Å²) in [6.07, 6.45) is 3.56. The second kappa shape index (κ2) is 9.78. The molecule has 0 spiro atoms. The highest BCUT2D eigenvalue weighted by Gasteiger charge is 2.10. The number of nitrogens with one attached hydrogen (secondary N) is 1. The minimum absolute atomic E-state index is 0.153. The first-order chi connectivity index (χ1) is 9.67. The van der Waals surface area contributed by atoms with E-state index < -0.39 is 0 Å². The standard InChI is InChI=1S/C17H29NO2/c1-4-5-6-11-20-16-9-7-15(8-10-16)12-18-17(13-19)14(2)3/h7-10,14,17-19H,4-6,11-13H2,1-3H3. The van der Waals surface area contributed by atoms with E-state index in [1.807, 2.05) is 12.1 Å². The Balaban J connectivity index is 2.34. The van der Waals surface area contributed by atoms with Gasteiger partial charge in [0.2, 0.25) is 0 Å². The molecule has 0 aliphatic carbocycles. The van der Waals surface area contributed by atoms with Gasteiger partial charge in [-0.05, 0) is 30.0 Å². The average molecular weight is 279 g/mol. The van der Waals surface area contributed by atoms with Gasteiger partial charge in [-0.25, -0.2) is 0 Å². The molecule has 0 aliphatic heterocycles. The Morgan fingerprint density at radius 1 is 1.15 bits per heavy atom. The van der Waals surface area contributed by atoms with Gasteiger partial charge in [-0.3, -0.25) is 0 Å². The van der Waals surface area contributed by atoms with Crippen LogP contribution in [0.3, 0.4) is 0 Å². The number of ether oxygens (including phenoxy) is 1. The molecule has 0 aliphatic rings. The smallest absolute Gasteiger partial charge is 0.119 e. The second-order valence-corrected chi connectivity index (χ2v) is 5.61. The molecule has 0 saturated carbocycles. The number of hydrogen-bond donors (Lipinski definition) is 2. The first-order valence-corrected chi connectivity index (χ1v) is 7.73. The summed E-state index contributed by atoms with van der Waals surface area (Å²) in [5, 5.41) is 12.7. The van der Waals surface area contributed by atoms with Crippen molar-refractivity contribution in [2.75, 3.05) is 13.2 Å². The number of aliphatic hydroxyl groups is 1. The fourth-order valence-corrected chi connectivity index (χ4v) is 2.01. The maximum absolute atomic E-state index is 9.28. The summed E-state index contributed by atoms with van der Waals surface area (Å²) in [6, 6.07) is 8.35. The van der Waals surface area contributed by atoms with Gasteiger partial charge in [0, 0.05) is 12.6 Å². The number of hydrogen-bond acceptors (Lipinski definition) is 3. The quantitative estimate of drug-likeness (QED) is 0.645. The molecule has 20 heavy (non-hydrogen) atoms. The Kier molecular flexibility index (Phi) is 8.31. The van der Waals surface area contributed by atoms with E-state index in [0.29, 0.717) is 5.92 Å². The summed E-state index contributed by atoms with van der Waals surface area (Å²) < 4.78 is 5.69. The maximum Gasteiger partial charge on any atom is 0.119 e. The predicted molar refractivity (Wildman–Crippen MR) is 84.0 cm³/mol. The summed E-state index contributed by atoms with van der Waals surface area (Å²) in [5.41, 5.74) is 1.21. The number of unbranched alkanes of at least 4 members (excludes halogenated alkanes) is 2. The Morgan fingerprint density at radius 2 is 1.85 bits per heavy atom. The summed E-state index contributed by atoms with van der Waals surface area (Å²) in [7, 11) is 0. The van der Waals surface area contributed by atoms with Crippen LogP contribution in [0.4, 0.5) is 0 Å². The lowest BCUT2D eigenvalue weighted by molar-refractivity contribution is 0.210. The van der Waals surface area contributed by atoms with Crippen LogP contribution in [0, 0.1) is 5.92 Å². The van der Waals surface area contributed by atoms with Crippen LogP contribution in [0.1, 0.15) is 45.6 Å². The molecule has 1 aromatic rings. The van der Waals surface area contributed by atoms with Crippen molar-refractivity contribution in [1.29, 1.82) is 0 Å². The highest BCUT2D eigenvalue weighted by atomic mass is 16.5. The Labute approximate surface area is 123 Å². The first kappa shape index (κ1) is 17.0. The van der Waals surface area contributed by atoms with Crippen LogP contribution in [0.5, 0.6) is 5.75 Å². The number of benzene rings is 1. The topological polar surface area (TPSA) is 41.5 Å². The third kappa shape index (κ3) is 6.40. The van der Waals surface area contributed by atoms with Crippen molar-refractivity contribution in [2.45, 2.75) is 52.6 Å². The molecule has 1 unspecified atom stereocenters. The van der Waals surface area contributed by atoms with Crippen molar-refractivity contribution >= 4 is 0 Å². The normalized spacial score (nSPS) is 12.7. The molecule has 1 aromatic carbocycles. The molecule has 0 fully saturated rings. The molecule has 0 heterocycles.